The normalized spacial score (nSPS) is 15.6. The molecule has 0 saturated carbocycles. The molecule has 20 heavy (non-hydrogen) atoms. The summed E-state index contributed by atoms with van der Waals surface area (Å²) in [5, 5.41) is 2.07. The monoisotopic (exact) mass is 297 g/mol. The van der Waals surface area contributed by atoms with Gasteiger partial charge in [-0.3, -0.25) is 4.79 Å². The first-order valence-corrected chi connectivity index (χ1v) is 8.24. The molecule has 1 aromatic rings. The fourth-order valence-electron chi connectivity index (χ4n) is 2.50. The molecule has 0 bridgehead atoms. The van der Waals surface area contributed by atoms with Crippen molar-refractivity contribution in [3.05, 3.63) is 16.3 Å². The van der Waals surface area contributed by atoms with E-state index in [0.717, 1.165) is 18.5 Å². The molecule has 0 spiro atoms. The zero-order valence-electron chi connectivity index (χ0n) is 12.3. The Hall–Kier alpha value is -0.910. The molecule has 2 rings (SSSR count). The molecule has 0 fully saturated rings. The van der Waals surface area contributed by atoms with Crippen molar-refractivity contribution in [2.75, 3.05) is 24.7 Å². The first kappa shape index (κ1) is 15.5. The van der Waals surface area contributed by atoms with Gasteiger partial charge in [0.25, 0.3) is 0 Å². The Morgan fingerprint density at radius 1 is 1.30 bits per heavy atom. The molecule has 0 N–H and O–H groups in total. The molecule has 1 aromatic heterocycles. The van der Waals surface area contributed by atoms with Crippen molar-refractivity contribution >= 4 is 22.9 Å². The third-order valence-electron chi connectivity index (χ3n) is 3.40. The Kier molecular flexibility index (Phi) is 6.01. The van der Waals surface area contributed by atoms with Gasteiger partial charge in [0.1, 0.15) is 0 Å². The van der Waals surface area contributed by atoms with E-state index in [2.05, 4.69) is 11.4 Å². The first-order chi connectivity index (χ1) is 9.76. The summed E-state index contributed by atoms with van der Waals surface area (Å²) in [5.74, 6) is 0.217. The predicted octanol–water partition coefficient (Wildman–Crippen LogP) is 3.21. The lowest BCUT2D eigenvalue weighted by atomic mass is 10.2. The highest BCUT2D eigenvalue weighted by atomic mass is 32.1. The van der Waals surface area contributed by atoms with Gasteiger partial charge < -0.3 is 14.4 Å². The van der Waals surface area contributed by atoms with Gasteiger partial charge in [-0.25, -0.2) is 0 Å². The molecule has 0 radical (unpaired) electrons. The number of carbonyl (C=O) groups is 1. The minimum Gasteiger partial charge on any atom is -0.353 e. The van der Waals surface area contributed by atoms with E-state index in [0.29, 0.717) is 32.6 Å². The van der Waals surface area contributed by atoms with E-state index >= 15 is 0 Å². The smallest absolute Gasteiger partial charge is 0.227 e. The largest absolute Gasteiger partial charge is 0.353 e. The molecular formula is C15H23NO3S. The van der Waals surface area contributed by atoms with Crippen molar-refractivity contribution in [2.24, 2.45) is 0 Å². The van der Waals surface area contributed by atoms with E-state index in [1.165, 1.54) is 4.88 Å². The quantitative estimate of drug-likeness (QED) is 0.725. The van der Waals surface area contributed by atoms with Crippen LogP contribution in [0.15, 0.2) is 11.4 Å². The highest BCUT2D eigenvalue weighted by Gasteiger charge is 2.24. The minimum atomic E-state index is -0.219. The Labute approximate surface area is 124 Å². The maximum atomic E-state index is 12.3. The summed E-state index contributed by atoms with van der Waals surface area (Å²) in [6.07, 6.45) is 3.08. The van der Waals surface area contributed by atoms with Gasteiger partial charge >= 0.3 is 0 Å². The number of amides is 1. The minimum absolute atomic E-state index is 0.217. The number of nitrogens with zero attached hydrogens (tertiary/aromatic N) is 1. The SMILES string of the molecule is CCOC(CCN1C(=O)CCCc2sccc21)OCC. The van der Waals surface area contributed by atoms with Gasteiger partial charge in [0, 0.05) is 37.5 Å². The Bertz CT molecular complexity index is 427. The van der Waals surface area contributed by atoms with Crippen LogP contribution in [0.5, 0.6) is 0 Å². The van der Waals surface area contributed by atoms with E-state index in [9.17, 15) is 4.79 Å². The number of anilines is 1. The number of hydrogen-bond donors (Lipinski definition) is 0. The third-order valence-corrected chi connectivity index (χ3v) is 4.37. The molecule has 1 aliphatic rings. The second-order valence-corrected chi connectivity index (χ2v) is 5.76. The van der Waals surface area contributed by atoms with Crippen LogP contribution in [-0.4, -0.2) is 32.0 Å². The van der Waals surface area contributed by atoms with E-state index in [-0.39, 0.29) is 12.2 Å². The van der Waals surface area contributed by atoms with Crippen LogP contribution in [0.2, 0.25) is 0 Å². The van der Waals surface area contributed by atoms with Gasteiger partial charge in [-0.15, -0.1) is 11.3 Å². The molecule has 5 heteroatoms. The summed E-state index contributed by atoms with van der Waals surface area (Å²) in [6, 6.07) is 2.06. The molecular weight excluding hydrogens is 274 g/mol. The third kappa shape index (κ3) is 3.81. The standard InChI is InChI=1S/C15H23NO3S/c1-3-18-15(19-4-2)8-10-16-12-9-11-20-13(12)6-5-7-14(16)17/h9,11,15H,3-8,10H2,1-2H3. The van der Waals surface area contributed by atoms with Crippen molar-refractivity contribution in [3.63, 3.8) is 0 Å². The predicted molar refractivity (Wildman–Crippen MR) is 81.3 cm³/mol. The van der Waals surface area contributed by atoms with Crippen LogP contribution in [0.3, 0.4) is 0 Å². The molecule has 0 aromatic carbocycles. The number of rotatable bonds is 7. The fourth-order valence-corrected chi connectivity index (χ4v) is 3.42. The van der Waals surface area contributed by atoms with Crippen molar-refractivity contribution in [1.82, 2.24) is 0 Å². The Balaban J connectivity index is 2.01. The Morgan fingerprint density at radius 2 is 2.05 bits per heavy atom. The second kappa shape index (κ2) is 7.76. The van der Waals surface area contributed by atoms with Crippen LogP contribution < -0.4 is 4.90 Å². The molecule has 0 atom stereocenters. The number of hydrogen-bond acceptors (Lipinski definition) is 4. The summed E-state index contributed by atoms with van der Waals surface area (Å²) in [4.78, 5) is 15.5. The average molecular weight is 297 g/mol. The Morgan fingerprint density at radius 3 is 2.75 bits per heavy atom. The molecule has 2 heterocycles. The lowest BCUT2D eigenvalue weighted by Crippen LogP contribution is -2.34. The van der Waals surface area contributed by atoms with Crippen LogP contribution in [0.25, 0.3) is 0 Å². The van der Waals surface area contributed by atoms with E-state index in [4.69, 9.17) is 9.47 Å². The zero-order chi connectivity index (χ0) is 14.4. The van der Waals surface area contributed by atoms with Gasteiger partial charge in [0.15, 0.2) is 6.29 Å². The van der Waals surface area contributed by atoms with E-state index in [1.807, 2.05) is 18.7 Å². The molecule has 1 amide bonds. The summed E-state index contributed by atoms with van der Waals surface area (Å²) in [5.41, 5.74) is 1.09. The summed E-state index contributed by atoms with van der Waals surface area (Å²) < 4.78 is 11.1. The number of aryl methyl sites for hydroxylation is 1. The summed E-state index contributed by atoms with van der Waals surface area (Å²) in [6.45, 7) is 5.83. The molecule has 112 valence electrons. The first-order valence-electron chi connectivity index (χ1n) is 7.36. The average Bonchev–Trinajstić information content (AvgIpc) is 2.82. The highest BCUT2D eigenvalue weighted by Crippen LogP contribution is 2.31. The van der Waals surface area contributed by atoms with Gasteiger partial charge in [-0.05, 0) is 38.1 Å². The molecule has 0 unspecified atom stereocenters. The lowest BCUT2D eigenvalue weighted by molar-refractivity contribution is -0.138. The van der Waals surface area contributed by atoms with E-state index in [1.54, 1.807) is 11.3 Å². The second-order valence-electron chi connectivity index (χ2n) is 4.76. The maximum Gasteiger partial charge on any atom is 0.227 e. The van der Waals surface area contributed by atoms with Crippen molar-refractivity contribution in [1.29, 1.82) is 0 Å². The van der Waals surface area contributed by atoms with Gasteiger partial charge in [0.2, 0.25) is 5.91 Å². The van der Waals surface area contributed by atoms with Gasteiger partial charge in [-0.2, -0.15) is 0 Å². The van der Waals surface area contributed by atoms with Gasteiger partial charge in [0.05, 0.1) is 5.69 Å². The fraction of sp³-hybridized carbons (Fsp3) is 0.667. The molecule has 0 saturated heterocycles. The maximum absolute atomic E-state index is 12.3. The van der Waals surface area contributed by atoms with Crippen molar-refractivity contribution < 1.29 is 14.3 Å². The number of fused-ring (bicyclic) bond motifs is 1. The summed E-state index contributed by atoms with van der Waals surface area (Å²) >= 11 is 1.74. The summed E-state index contributed by atoms with van der Waals surface area (Å²) in [7, 11) is 0. The highest BCUT2D eigenvalue weighted by molar-refractivity contribution is 7.10. The topological polar surface area (TPSA) is 38.8 Å². The molecule has 1 aliphatic heterocycles. The van der Waals surface area contributed by atoms with Crippen LogP contribution in [0.1, 0.15) is 38.0 Å². The van der Waals surface area contributed by atoms with Crippen molar-refractivity contribution in [3.8, 4) is 0 Å². The van der Waals surface area contributed by atoms with Crippen LogP contribution in [0.4, 0.5) is 5.69 Å². The van der Waals surface area contributed by atoms with E-state index < -0.39 is 0 Å². The zero-order valence-corrected chi connectivity index (χ0v) is 13.1. The van der Waals surface area contributed by atoms with Crippen LogP contribution >= 0.6 is 11.3 Å². The molecule has 4 nitrogen and oxygen atoms in total. The lowest BCUT2D eigenvalue weighted by Gasteiger charge is -2.24. The van der Waals surface area contributed by atoms with Crippen molar-refractivity contribution in [2.45, 2.75) is 45.8 Å². The molecule has 0 aliphatic carbocycles. The number of ether oxygens (including phenoxy) is 2. The van der Waals surface area contributed by atoms with Crippen LogP contribution in [-0.2, 0) is 20.7 Å². The van der Waals surface area contributed by atoms with Crippen LogP contribution in [0, 0.1) is 0 Å². The number of thiophene rings is 1. The van der Waals surface area contributed by atoms with Gasteiger partial charge in [-0.1, -0.05) is 0 Å². The number of carbonyl (C=O) groups excluding carboxylic acids is 1.